The van der Waals surface area contributed by atoms with Gasteiger partial charge < -0.3 is 11.1 Å². The van der Waals surface area contributed by atoms with Crippen LogP contribution in [0, 0.1) is 5.41 Å². The first kappa shape index (κ1) is 13.9. The van der Waals surface area contributed by atoms with Crippen LogP contribution in [0.3, 0.4) is 0 Å². The van der Waals surface area contributed by atoms with Crippen LogP contribution in [0.15, 0.2) is 0 Å². The van der Waals surface area contributed by atoms with Gasteiger partial charge in [-0.15, -0.1) is 0 Å². The van der Waals surface area contributed by atoms with Gasteiger partial charge in [0.15, 0.2) is 0 Å². The second kappa shape index (κ2) is 5.70. The first-order valence-corrected chi connectivity index (χ1v) is 5.06. The molecule has 5 heteroatoms. The molecule has 0 radical (unpaired) electrons. The molecule has 5 nitrogen and oxygen atoms in total. The molecule has 0 aliphatic heterocycles. The Kier molecular flexibility index (Phi) is 5.28. The van der Waals surface area contributed by atoms with E-state index in [1.807, 2.05) is 5.32 Å². The van der Waals surface area contributed by atoms with E-state index in [0.29, 0.717) is 0 Å². The number of urea groups is 1. The molecule has 3 amide bonds. The van der Waals surface area contributed by atoms with Crippen LogP contribution >= 0.6 is 0 Å². The van der Waals surface area contributed by atoms with Gasteiger partial charge in [0.1, 0.15) is 0 Å². The summed E-state index contributed by atoms with van der Waals surface area (Å²) in [6, 6.07) is -1.22. The average Bonchev–Trinajstić information content (AvgIpc) is 2.00. The molecule has 0 aromatic heterocycles. The maximum absolute atomic E-state index is 11.2. The zero-order chi connectivity index (χ0) is 12.1. The molecule has 0 bridgehead atoms. The molecule has 0 aromatic rings. The van der Waals surface area contributed by atoms with Crippen molar-refractivity contribution in [3.63, 3.8) is 0 Å². The second-order valence-electron chi connectivity index (χ2n) is 4.84. The third kappa shape index (κ3) is 7.93. The summed E-state index contributed by atoms with van der Waals surface area (Å²) in [5.41, 5.74) is 5.06. The summed E-state index contributed by atoms with van der Waals surface area (Å²) in [7, 11) is 0. The van der Waals surface area contributed by atoms with E-state index >= 15 is 0 Å². The number of carbonyl (C=O) groups is 2. The summed E-state index contributed by atoms with van der Waals surface area (Å²) >= 11 is 0. The molecule has 0 rings (SSSR count). The molecule has 0 aliphatic rings. The second-order valence-corrected chi connectivity index (χ2v) is 4.84. The van der Waals surface area contributed by atoms with E-state index in [2.05, 4.69) is 26.1 Å². The van der Waals surface area contributed by atoms with Crippen LogP contribution in [0.4, 0.5) is 4.79 Å². The van der Waals surface area contributed by atoms with E-state index in [-0.39, 0.29) is 5.41 Å². The normalized spacial score (nSPS) is 13.3. The minimum Gasteiger partial charge on any atom is -0.351 e. The lowest BCUT2D eigenvalue weighted by Gasteiger charge is -2.20. The zero-order valence-corrected chi connectivity index (χ0v) is 9.89. The Morgan fingerprint density at radius 1 is 1.33 bits per heavy atom. The fraction of sp³-hybridized carbons (Fsp3) is 0.800. The Labute approximate surface area is 90.8 Å². The highest BCUT2D eigenvalue weighted by molar-refractivity contribution is 5.96. The molecule has 0 saturated heterocycles. The predicted molar refractivity (Wildman–Crippen MR) is 59.3 cm³/mol. The van der Waals surface area contributed by atoms with E-state index in [1.54, 1.807) is 6.92 Å². The monoisotopic (exact) mass is 215 g/mol. The third-order valence-corrected chi connectivity index (χ3v) is 1.97. The number of hydrogen-bond acceptors (Lipinski definition) is 3. The van der Waals surface area contributed by atoms with Crippen molar-refractivity contribution in [1.82, 2.24) is 10.6 Å². The van der Waals surface area contributed by atoms with E-state index in [1.165, 1.54) is 0 Å². The number of nitrogens with one attached hydrogen (secondary N) is 2. The molecule has 0 aromatic carbocycles. The van der Waals surface area contributed by atoms with Gasteiger partial charge in [-0.25, -0.2) is 4.79 Å². The first-order chi connectivity index (χ1) is 6.72. The van der Waals surface area contributed by atoms with Crippen LogP contribution < -0.4 is 16.4 Å². The molecule has 0 heterocycles. The standard InChI is InChI=1S/C10H21N3O2/c1-7(8(14)13-9(11)15)12-6-5-10(2,3)4/h7,12H,5-6H2,1-4H3,(H3,11,13,14,15). The molecule has 0 spiro atoms. The van der Waals surface area contributed by atoms with Gasteiger partial charge in [0.05, 0.1) is 6.04 Å². The molecule has 1 unspecified atom stereocenters. The van der Waals surface area contributed by atoms with Crippen LogP contribution in [0.5, 0.6) is 0 Å². The number of primary amides is 1. The molecular formula is C10H21N3O2. The van der Waals surface area contributed by atoms with Crippen molar-refractivity contribution in [3.05, 3.63) is 0 Å². The summed E-state index contributed by atoms with van der Waals surface area (Å²) in [6.45, 7) is 8.81. The molecule has 0 aliphatic carbocycles. The van der Waals surface area contributed by atoms with Gasteiger partial charge in [-0.1, -0.05) is 20.8 Å². The molecule has 4 N–H and O–H groups in total. The minimum atomic E-state index is -0.815. The Hall–Kier alpha value is -1.10. The van der Waals surface area contributed by atoms with E-state index in [4.69, 9.17) is 5.73 Å². The van der Waals surface area contributed by atoms with Crippen LogP contribution in [0.25, 0.3) is 0 Å². The largest absolute Gasteiger partial charge is 0.351 e. The molecular weight excluding hydrogens is 194 g/mol. The fourth-order valence-electron chi connectivity index (χ4n) is 0.986. The predicted octanol–water partition coefficient (Wildman–Crippen LogP) is 0.596. The summed E-state index contributed by atoms with van der Waals surface area (Å²) in [4.78, 5) is 21.6. The smallest absolute Gasteiger partial charge is 0.318 e. The van der Waals surface area contributed by atoms with Crippen LogP contribution in [-0.4, -0.2) is 24.5 Å². The van der Waals surface area contributed by atoms with E-state index in [9.17, 15) is 9.59 Å². The van der Waals surface area contributed by atoms with Crippen molar-refractivity contribution < 1.29 is 9.59 Å². The number of rotatable bonds is 4. The number of carbonyl (C=O) groups excluding carboxylic acids is 2. The highest BCUT2D eigenvalue weighted by Gasteiger charge is 2.15. The van der Waals surface area contributed by atoms with Gasteiger partial charge in [0.25, 0.3) is 0 Å². The van der Waals surface area contributed by atoms with Gasteiger partial charge in [-0.05, 0) is 25.3 Å². The molecule has 15 heavy (non-hydrogen) atoms. The maximum atomic E-state index is 11.2. The van der Waals surface area contributed by atoms with Crippen molar-refractivity contribution >= 4 is 11.9 Å². The van der Waals surface area contributed by atoms with Crippen LogP contribution in [-0.2, 0) is 4.79 Å². The summed E-state index contributed by atoms with van der Waals surface area (Å²) in [6.07, 6.45) is 0.960. The van der Waals surface area contributed by atoms with Crippen molar-refractivity contribution in [2.45, 2.75) is 40.2 Å². The number of imide groups is 1. The third-order valence-electron chi connectivity index (χ3n) is 1.97. The van der Waals surface area contributed by atoms with Crippen LogP contribution in [0.1, 0.15) is 34.1 Å². The first-order valence-electron chi connectivity index (χ1n) is 5.06. The van der Waals surface area contributed by atoms with Crippen molar-refractivity contribution in [1.29, 1.82) is 0 Å². The Bertz CT molecular complexity index is 233. The summed E-state index contributed by atoms with van der Waals surface area (Å²) < 4.78 is 0. The Balaban J connectivity index is 3.79. The quantitative estimate of drug-likeness (QED) is 0.642. The topological polar surface area (TPSA) is 84.2 Å². The van der Waals surface area contributed by atoms with Gasteiger partial charge in [-0.3, -0.25) is 10.1 Å². The average molecular weight is 215 g/mol. The lowest BCUT2D eigenvalue weighted by Crippen LogP contribution is -2.46. The highest BCUT2D eigenvalue weighted by Crippen LogP contribution is 2.16. The number of amides is 3. The minimum absolute atomic E-state index is 0.229. The summed E-state index contributed by atoms with van der Waals surface area (Å²) in [5, 5.41) is 5.05. The van der Waals surface area contributed by atoms with E-state index in [0.717, 1.165) is 13.0 Å². The summed E-state index contributed by atoms with van der Waals surface area (Å²) in [5.74, 6) is -0.392. The lowest BCUT2D eigenvalue weighted by molar-refractivity contribution is -0.121. The maximum Gasteiger partial charge on any atom is 0.318 e. The fourth-order valence-corrected chi connectivity index (χ4v) is 0.986. The van der Waals surface area contributed by atoms with Gasteiger partial charge >= 0.3 is 6.03 Å². The van der Waals surface area contributed by atoms with Crippen molar-refractivity contribution in [2.24, 2.45) is 11.1 Å². The highest BCUT2D eigenvalue weighted by atomic mass is 16.2. The molecule has 88 valence electrons. The Morgan fingerprint density at radius 3 is 2.27 bits per heavy atom. The zero-order valence-electron chi connectivity index (χ0n) is 9.89. The molecule has 1 atom stereocenters. The van der Waals surface area contributed by atoms with Gasteiger partial charge in [-0.2, -0.15) is 0 Å². The lowest BCUT2D eigenvalue weighted by atomic mass is 9.92. The van der Waals surface area contributed by atoms with Gasteiger partial charge in [0, 0.05) is 0 Å². The van der Waals surface area contributed by atoms with Crippen LogP contribution in [0.2, 0.25) is 0 Å². The molecule has 0 saturated carbocycles. The number of hydrogen-bond donors (Lipinski definition) is 3. The SMILES string of the molecule is CC(NCCC(C)(C)C)C(=O)NC(N)=O. The molecule has 0 fully saturated rings. The number of nitrogens with two attached hydrogens (primary N) is 1. The van der Waals surface area contributed by atoms with Crippen molar-refractivity contribution in [3.8, 4) is 0 Å². The Morgan fingerprint density at radius 2 is 1.87 bits per heavy atom. The van der Waals surface area contributed by atoms with Crippen molar-refractivity contribution in [2.75, 3.05) is 6.54 Å². The van der Waals surface area contributed by atoms with E-state index < -0.39 is 18.0 Å². The van der Waals surface area contributed by atoms with Gasteiger partial charge in [0.2, 0.25) is 5.91 Å².